The molecule has 114 valence electrons. The molecule has 20 heavy (non-hydrogen) atoms. The van der Waals surface area contributed by atoms with E-state index in [-0.39, 0.29) is 0 Å². The summed E-state index contributed by atoms with van der Waals surface area (Å²) in [7, 11) is 0. The van der Waals surface area contributed by atoms with Gasteiger partial charge >= 0.3 is 0 Å². The van der Waals surface area contributed by atoms with Crippen LogP contribution in [0.3, 0.4) is 0 Å². The van der Waals surface area contributed by atoms with Crippen molar-refractivity contribution in [1.29, 1.82) is 0 Å². The number of hydrogen-bond acceptors (Lipinski definition) is 2. The lowest BCUT2D eigenvalue weighted by molar-refractivity contribution is 0.428. The Morgan fingerprint density at radius 2 is 1.90 bits per heavy atom. The van der Waals surface area contributed by atoms with Crippen molar-refractivity contribution in [3.63, 3.8) is 0 Å². The average Bonchev–Trinajstić information content (AvgIpc) is 2.39. The molecule has 4 heteroatoms. The van der Waals surface area contributed by atoms with E-state index in [1.807, 2.05) is 0 Å². The van der Waals surface area contributed by atoms with Gasteiger partial charge in [-0.3, -0.25) is 0 Å². The molecular weight excluding hydrogens is 266 g/mol. The Hall–Kier alpha value is -0.870. The zero-order valence-corrected chi connectivity index (χ0v) is 13.9. The minimum atomic E-state index is 0.527. The highest BCUT2D eigenvalue weighted by Gasteiger charge is 2.12. The molecule has 3 nitrogen and oxygen atoms in total. The molecule has 0 bridgehead atoms. The van der Waals surface area contributed by atoms with Crippen LogP contribution in [0.25, 0.3) is 0 Å². The van der Waals surface area contributed by atoms with Crippen molar-refractivity contribution in [2.45, 2.75) is 52.5 Å². The van der Waals surface area contributed by atoms with Gasteiger partial charge in [-0.2, -0.15) is 0 Å². The molecule has 0 aliphatic carbocycles. The Kier molecular flexibility index (Phi) is 8.54. The summed E-state index contributed by atoms with van der Waals surface area (Å²) in [5.74, 6) is 0. The summed E-state index contributed by atoms with van der Waals surface area (Å²) >= 11 is 5.33. The van der Waals surface area contributed by atoms with E-state index in [9.17, 15) is 0 Å². The van der Waals surface area contributed by atoms with Crippen LogP contribution in [0.5, 0.6) is 0 Å². The Balaban J connectivity index is 2.14. The molecule has 3 N–H and O–H groups in total. The van der Waals surface area contributed by atoms with E-state index in [4.69, 9.17) is 12.2 Å². The molecule has 1 aliphatic heterocycles. The van der Waals surface area contributed by atoms with E-state index in [1.54, 1.807) is 0 Å². The number of piperidine rings is 1. The molecule has 0 aromatic rings. The normalized spacial score (nSPS) is 16.6. The second-order valence-corrected chi connectivity index (χ2v) is 6.16. The number of hydrogen-bond donors (Lipinski definition) is 3. The Morgan fingerprint density at radius 1 is 1.20 bits per heavy atom. The lowest BCUT2D eigenvalue weighted by Crippen LogP contribution is -2.46. The van der Waals surface area contributed by atoms with Crippen molar-refractivity contribution in [2.75, 3.05) is 19.6 Å². The zero-order valence-electron chi connectivity index (χ0n) is 13.1. The molecule has 1 heterocycles. The van der Waals surface area contributed by atoms with E-state index in [0.29, 0.717) is 6.04 Å². The first-order chi connectivity index (χ1) is 9.58. The predicted molar refractivity (Wildman–Crippen MR) is 92.1 cm³/mol. The van der Waals surface area contributed by atoms with Crippen molar-refractivity contribution in [1.82, 2.24) is 16.0 Å². The Bertz CT molecular complexity index is 351. The molecular formula is C16H29N3S. The standard InChI is InChI=1S/C16H29N3S/c1-13(2)5-4-6-14(3)7-12-18-16(20)19-15-8-10-17-11-9-15/h5,7,15,17H,4,6,8-12H2,1-3H3,(H2,18,19,20)/b14-7+. The SMILES string of the molecule is CC(C)=CCC/C(C)=C/CNC(=S)NC1CCNCC1. The first-order valence-electron chi connectivity index (χ1n) is 7.62. The average molecular weight is 295 g/mol. The van der Waals surface area contributed by atoms with Gasteiger partial charge in [0.15, 0.2) is 5.11 Å². The minimum absolute atomic E-state index is 0.527. The van der Waals surface area contributed by atoms with Crippen molar-refractivity contribution in [3.05, 3.63) is 23.3 Å². The van der Waals surface area contributed by atoms with Gasteiger partial charge in [0.1, 0.15) is 0 Å². The van der Waals surface area contributed by atoms with Gasteiger partial charge in [-0.1, -0.05) is 23.3 Å². The second-order valence-electron chi connectivity index (χ2n) is 5.75. The topological polar surface area (TPSA) is 36.1 Å². The molecule has 0 radical (unpaired) electrons. The van der Waals surface area contributed by atoms with E-state index >= 15 is 0 Å². The number of rotatable bonds is 6. The van der Waals surface area contributed by atoms with Crippen LogP contribution >= 0.6 is 12.2 Å². The summed E-state index contributed by atoms with van der Waals surface area (Å²) in [4.78, 5) is 0. The highest BCUT2D eigenvalue weighted by atomic mass is 32.1. The Morgan fingerprint density at radius 3 is 2.55 bits per heavy atom. The summed E-state index contributed by atoms with van der Waals surface area (Å²) in [6, 6.07) is 0.527. The highest BCUT2D eigenvalue weighted by Crippen LogP contribution is 2.06. The van der Waals surface area contributed by atoms with Gasteiger partial charge in [-0.25, -0.2) is 0 Å². The maximum absolute atomic E-state index is 5.33. The van der Waals surface area contributed by atoms with Gasteiger partial charge in [0.05, 0.1) is 0 Å². The number of thiocarbonyl (C=S) groups is 1. The Labute approximate surface area is 129 Å². The van der Waals surface area contributed by atoms with Crippen molar-refractivity contribution < 1.29 is 0 Å². The van der Waals surface area contributed by atoms with E-state index in [0.717, 1.165) is 50.4 Å². The van der Waals surface area contributed by atoms with Gasteiger partial charge in [-0.15, -0.1) is 0 Å². The summed E-state index contributed by atoms with van der Waals surface area (Å²) in [5.41, 5.74) is 2.81. The third-order valence-electron chi connectivity index (χ3n) is 3.48. The largest absolute Gasteiger partial charge is 0.360 e. The van der Waals surface area contributed by atoms with Gasteiger partial charge in [0, 0.05) is 12.6 Å². The molecule has 0 amide bonds. The fraction of sp³-hybridized carbons (Fsp3) is 0.688. The predicted octanol–water partition coefficient (Wildman–Crippen LogP) is 2.90. The lowest BCUT2D eigenvalue weighted by atomic mass is 10.1. The molecule has 1 aliphatic rings. The van der Waals surface area contributed by atoms with Crippen LogP contribution < -0.4 is 16.0 Å². The molecule has 1 saturated heterocycles. The van der Waals surface area contributed by atoms with Crippen LogP contribution in [0.2, 0.25) is 0 Å². The van der Waals surface area contributed by atoms with Crippen LogP contribution in [-0.4, -0.2) is 30.8 Å². The van der Waals surface area contributed by atoms with Crippen LogP contribution in [0.1, 0.15) is 46.5 Å². The first kappa shape index (κ1) is 17.2. The zero-order chi connectivity index (χ0) is 14.8. The van der Waals surface area contributed by atoms with Gasteiger partial charge in [0.2, 0.25) is 0 Å². The fourth-order valence-electron chi connectivity index (χ4n) is 2.21. The van der Waals surface area contributed by atoms with Crippen LogP contribution in [0, 0.1) is 0 Å². The molecule has 1 fully saturated rings. The van der Waals surface area contributed by atoms with E-state index in [2.05, 4.69) is 48.9 Å². The third kappa shape index (κ3) is 8.33. The molecule has 0 saturated carbocycles. The van der Waals surface area contributed by atoms with Crippen molar-refractivity contribution in [2.24, 2.45) is 0 Å². The van der Waals surface area contributed by atoms with E-state index < -0.39 is 0 Å². The third-order valence-corrected chi connectivity index (χ3v) is 3.74. The highest BCUT2D eigenvalue weighted by molar-refractivity contribution is 7.80. The maximum atomic E-state index is 5.33. The van der Waals surface area contributed by atoms with Gasteiger partial charge in [0.25, 0.3) is 0 Å². The summed E-state index contributed by atoms with van der Waals surface area (Å²) in [6.07, 6.45) is 9.08. The maximum Gasteiger partial charge on any atom is 0.166 e. The van der Waals surface area contributed by atoms with E-state index in [1.165, 1.54) is 11.1 Å². The number of allylic oxidation sites excluding steroid dienone is 3. The molecule has 0 aromatic heterocycles. The molecule has 0 aromatic carbocycles. The van der Waals surface area contributed by atoms with Crippen molar-refractivity contribution in [3.8, 4) is 0 Å². The van der Waals surface area contributed by atoms with Crippen LogP contribution in [-0.2, 0) is 0 Å². The smallest absolute Gasteiger partial charge is 0.166 e. The number of nitrogens with one attached hydrogen (secondary N) is 3. The van der Waals surface area contributed by atoms with Gasteiger partial charge in [-0.05, 0) is 71.8 Å². The minimum Gasteiger partial charge on any atom is -0.360 e. The molecule has 0 unspecified atom stereocenters. The molecule has 1 rings (SSSR count). The molecule has 0 atom stereocenters. The summed E-state index contributed by atoms with van der Waals surface area (Å²) < 4.78 is 0. The fourth-order valence-corrected chi connectivity index (χ4v) is 2.46. The monoisotopic (exact) mass is 295 g/mol. The lowest BCUT2D eigenvalue weighted by Gasteiger charge is -2.25. The van der Waals surface area contributed by atoms with Crippen LogP contribution in [0.4, 0.5) is 0 Å². The first-order valence-corrected chi connectivity index (χ1v) is 8.03. The van der Waals surface area contributed by atoms with Crippen LogP contribution in [0.15, 0.2) is 23.3 Å². The summed E-state index contributed by atoms with van der Waals surface area (Å²) in [5, 5.41) is 10.8. The summed E-state index contributed by atoms with van der Waals surface area (Å²) in [6.45, 7) is 9.46. The second kappa shape index (κ2) is 9.94. The van der Waals surface area contributed by atoms with Crippen molar-refractivity contribution >= 4 is 17.3 Å². The quantitative estimate of drug-likeness (QED) is 0.520. The molecule has 0 spiro atoms. The van der Waals surface area contributed by atoms with Gasteiger partial charge < -0.3 is 16.0 Å².